The molecule has 4 aromatic rings. The molecule has 0 saturated heterocycles. The molecule has 0 fully saturated rings. The van der Waals surface area contributed by atoms with E-state index in [1.54, 1.807) is 28.0 Å². The zero-order chi connectivity index (χ0) is 19.7. The Labute approximate surface area is 167 Å². The molecule has 28 heavy (non-hydrogen) atoms. The number of carbonyl (C=O) groups is 1. The minimum Gasteiger partial charge on any atom is -0.277 e. The van der Waals surface area contributed by atoms with Gasteiger partial charge >= 0.3 is 0 Å². The number of hydrogen-bond acceptors (Lipinski definition) is 5. The Morgan fingerprint density at radius 2 is 2.04 bits per heavy atom. The summed E-state index contributed by atoms with van der Waals surface area (Å²) in [7, 11) is 0. The predicted octanol–water partition coefficient (Wildman–Crippen LogP) is 4.37. The largest absolute Gasteiger partial charge is 0.278 e. The summed E-state index contributed by atoms with van der Waals surface area (Å²) in [5.41, 5.74) is 4.60. The second kappa shape index (κ2) is 7.52. The fourth-order valence-corrected chi connectivity index (χ4v) is 4.40. The SMILES string of the molecule is CCn1nccc1C(=O)N(Cc1ccccn1)c1nc2c(C)cc(C)cc2s1. The fraction of sp³-hybridized carbons (Fsp3) is 0.238. The first-order chi connectivity index (χ1) is 13.6. The van der Waals surface area contributed by atoms with E-state index in [9.17, 15) is 4.79 Å². The lowest BCUT2D eigenvalue weighted by molar-refractivity contribution is 0.0974. The summed E-state index contributed by atoms with van der Waals surface area (Å²) in [6, 6.07) is 11.7. The highest BCUT2D eigenvalue weighted by Gasteiger charge is 2.25. The summed E-state index contributed by atoms with van der Waals surface area (Å²) >= 11 is 1.53. The molecular formula is C21H21N5OS. The van der Waals surface area contributed by atoms with Crippen molar-refractivity contribution in [3.8, 4) is 0 Å². The van der Waals surface area contributed by atoms with E-state index in [1.807, 2.05) is 25.1 Å². The second-order valence-electron chi connectivity index (χ2n) is 6.67. The maximum absolute atomic E-state index is 13.4. The summed E-state index contributed by atoms with van der Waals surface area (Å²) in [5, 5.41) is 4.91. The highest BCUT2D eigenvalue weighted by molar-refractivity contribution is 7.22. The van der Waals surface area contributed by atoms with Gasteiger partial charge in [-0.2, -0.15) is 5.10 Å². The second-order valence-corrected chi connectivity index (χ2v) is 7.68. The van der Waals surface area contributed by atoms with E-state index >= 15 is 0 Å². The van der Waals surface area contributed by atoms with Crippen molar-refractivity contribution in [2.45, 2.75) is 33.9 Å². The Balaban J connectivity index is 1.81. The quantitative estimate of drug-likeness (QED) is 0.507. The van der Waals surface area contributed by atoms with Crippen LogP contribution in [-0.2, 0) is 13.1 Å². The third-order valence-corrected chi connectivity index (χ3v) is 5.60. The number of benzene rings is 1. The molecule has 6 nitrogen and oxygen atoms in total. The minimum atomic E-state index is -0.126. The lowest BCUT2D eigenvalue weighted by Gasteiger charge is -2.19. The molecule has 4 rings (SSSR count). The lowest BCUT2D eigenvalue weighted by atomic mass is 10.1. The molecule has 0 unspecified atom stereocenters. The lowest BCUT2D eigenvalue weighted by Crippen LogP contribution is -2.32. The first-order valence-electron chi connectivity index (χ1n) is 9.18. The number of thiazole rings is 1. The monoisotopic (exact) mass is 391 g/mol. The van der Waals surface area contributed by atoms with Crippen molar-refractivity contribution in [3.63, 3.8) is 0 Å². The van der Waals surface area contributed by atoms with Gasteiger partial charge in [-0.05, 0) is 56.2 Å². The average molecular weight is 392 g/mol. The van der Waals surface area contributed by atoms with E-state index in [-0.39, 0.29) is 5.91 Å². The molecule has 0 N–H and O–H groups in total. The van der Waals surface area contributed by atoms with Gasteiger partial charge in [-0.15, -0.1) is 0 Å². The van der Waals surface area contributed by atoms with Gasteiger partial charge < -0.3 is 0 Å². The topological polar surface area (TPSA) is 63.9 Å². The van der Waals surface area contributed by atoms with Gasteiger partial charge in [0, 0.05) is 18.9 Å². The van der Waals surface area contributed by atoms with Gasteiger partial charge in [-0.1, -0.05) is 23.5 Å². The van der Waals surface area contributed by atoms with Gasteiger partial charge in [-0.3, -0.25) is 19.4 Å². The number of aryl methyl sites for hydroxylation is 3. The van der Waals surface area contributed by atoms with Crippen LogP contribution >= 0.6 is 11.3 Å². The molecule has 3 aromatic heterocycles. The number of pyridine rings is 1. The number of fused-ring (bicyclic) bond motifs is 1. The molecular weight excluding hydrogens is 370 g/mol. The highest BCUT2D eigenvalue weighted by atomic mass is 32.1. The van der Waals surface area contributed by atoms with Crippen LogP contribution in [-0.4, -0.2) is 25.7 Å². The minimum absolute atomic E-state index is 0.126. The Kier molecular flexibility index (Phi) is 4.92. The van der Waals surface area contributed by atoms with Crippen LogP contribution < -0.4 is 4.90 Å². The van der Waals surface area contributed by atoms with Crippen molar-refractivity contribution < 1.29 is 4.79 Å². The maximum Gasteiger partial charge on any atom is 0.278 e. The van der Waals surface area contributed by atoms with Crippen LogP contribution in [0.3, 0.4) is 0 Å². The van der Waals surface area contributed by atoms with Crippen LogP contribution in [0.5, 0.6) is 0 Å². The number of anilines is 1. The third kappa shape index (κ3) is 3.41. The number of aromatic nitrogens is 4. The van der Waals surface area contributed by atoms with Gasteiger partial charge in [0.05, 0.1) is 22.5 Å². The Morgan fingerprint density at radius 1 is 1.18 bits per heavy atom. The van der Waals surface area contributed by atoms with E-state index in [1.165, 1.54) is 16.9 Å². The van der Waals surface area contributed by atoms with E-state index in [4.69, 9.17) is 4.98 Å². The van der Waals surface area contributed by atoms with Crippen LogP contribution in [0.2, 0.25) is 0 Å². The van der Waals surface area contributed by atoms with Crippen molar-refractivity contribution in [1.82, 2.24) is 19.7 Å². The molecule has 0 aliphatic carbocycles. The molecule has 0 atom stereocenters. The molecule has 7 heteroatoms. The van der Waals surface area contributed by atoms with Crippen molar-refractivity contribution in [2.75, 3.05) is 4.90 Å². The van der Waals surface area contributed by atoms with E-state index in [0.717, 1.165) is 21.5 Å². The zero-order valence-corrected chi connectivity index (χ0v) is 16.9. The summed E-state index contributed by atoms with van der Waals surface area (Å²) in [4.78, 5) is 24.3. The maximum atomic E-state index is 13.4. The number of amides is 1. The van der Waals surface area contributed by atoms with Crippen LogP contribution in [0.1, 0.15) is 34.2 Å². The number of hydrogen-bond donors (Lipinski definition) is 0. The van der Waals surface area contributed by atoms with Crippen molar-refractivity contribution in [1.29, 1.82) is 0 Å². The van der Waals surface area contributed by atoms with Crippen LogP contribution in [0.25, 0.3) is 10.2 Å². The highest BCUT2D eigenvalue weighted by Crippen LogP contribution is 2.33. The van der Waals surface area contributed by atoms with Crippen LogP contribution in [0, 0.1) is 13.8 Å². The number of carbonyl (C=O) groups excluding carboxylic acids is 1. The van der Waals surface area contributed by atoms with Gasteiger partial charge in [-0.25, -0.2) is 4.98 Å². The Morgan fingerprint density at radius 3 is 2.79 bits per heavy atom. The summed E-state index contributed by atoms with van der Waals surface area (Å²) < 4.78 is 2.78. The van der Waals surface area contributed by atoms with Crippen molar-refractivity contribution in [3.05, 3.63) is 71.3 Å². The van der Waals surface area contributed by atoms with Crippen molar-refractivity contribution in [2.24, 2.45) is 0 Å². The first kappa shape index (κ1) is 18.3. The standard InChI is InChI=1S/C21H21N5OS/c1-4-26-17(8-10-23-26)20(27)25(13-16-7-5-6-9-22-16)21-24-19-15(3)11-14(2)12-18(19)28-21/h5-12H,4,13H2,1-3H3. The first-order valence-corrected chi connectivity index (χ1v) is 10.00. The molecule has 0 saturated carbocycles. The van der Waals surface area contributed by atoms with Crippen LogP contribution in [0.4, 0.5) is 5.13 Å². The molecule has 0 radical (unpaired) electrons. The molecule has 1 amide bonds. The van der Waals surface area contributed by atoms with E-state index in [0.29, 0.717) is 23.9 Å². The zero-order valence-electron chi connectivity index (χ0n) is 16.1. The smallest absolute Gasteiger partial charge is 0.277 e. The normalized spacial score (nSPS) is 11.1. The fourth-order valence-electron chi connectivity index (χ4n) is 3.26. The number of rotatable bonds is 5. The summed E-state index contributed by atoms with van der Waals surface area (Å²) in [6.07, 6.45) is 3.39. The summed E-state index contributed by atoms with van der Waals surface area (Å²) in [5.74, 6) is -0.126. The van der Waals surface area contributed by atoms with Crippen LogP contribution in [0.15, 0.2) is 48.8 Å². The molecule has 0 spiro atoms. The van der Waals surface area contributed by atoms with Gasteiger partial charge in [0.15, 0.2) is 5.13 Å². The molecule has 142 valence electrons. The molecule has 0 aliphatic heterocycles. The Hall–Kier alpha value is -3.06. The molecule has 0 aliphatic rings. The predicted molar refractivity (Wildman–Crippen MR) is 112 cm³/mol. The van der Waals surface area contributed by atoms with Crippen molar-refractivity contribution >= 4 is 32.6 Å². The molecule has 1 aromatic carbocycles. The molecule has 0 bridgehead atoms. The number of nitrogens with zero attached hydrogens (tertiary/aromatic N) is 5. The van der Waals surface area contributed by atoms with Gasteiger partial charge in [0.1, 0.15) is 5.69 Å². The summed E-state index contributed by atoms with van der Waals surface area (Å²) in [6.45, 7) is 7.07. The molecule has 3 heterocycles. The van der Waals surface area contributed by atoms with E-state index in [2.05, 4.69) is 36.1 Å². The van der Waals surface area contributed by atoms with Gasteiger partial charge in [0.25, 0.3) is 5.91 Å². The van der Waals surface area contributed by atoms with E-state index < -0.39 is 0 Å². The van der Waals surface area contributed by atoms with Gasteiger partial charge in [0.2, 0.25) is 0 Å². The average Bonchev–Trinajstić information content (AvgIpc) is 3.33. The Bertz CT molecular complexity index is 1130. The third-order valence-electron chi connectivity index (χ3n) is 4.58.